The highest BCUT2D eigenvalue weighted by atomic mass is 16.5. The van der Waals surface area contributed by atoms with E-state index in [0.29, 0.717) is 24.3 Å². The minimum Gasteiger partial charge on any atom is -0.393 e. The van der Waals surface area contributed by atoms with E-state index in [4.69, 9.17) is 10.5 Å². The molecule has 2 fully saturated rings. The fraction of sp³-hybridized carbons (Fsp3) is 0.524. The Balaban J connectivity index is 1.37. The number of hydrogen-bond donors (Lipinski definition) is 3. The molecule has 10 heteroatoms. The van der Waals surface area contributed by atoms with Crippen LogP contribution in [0.15, 0.2) is 24.8 Å². The highest BCUT2D eigenvalue weighted by Crippen LogP contribution is 2.37. The average Bonchev–Trinajstić information content (AvgIpc) is 3.48. The first kappa shape index (κ1) is 20.0. The molecule has 3 aromatic heterocycles. The number of aliphatic hydroxyl groups excluding tert-OH is 1. The molecule has 1 saturated heterocycles. The van der Waals surface area contributed by atoms with Crippen LogP contribution in [0, 0.1) is 0 Å². The van der Waals surface area contributed by atoms with Crippen molar-refractivity contribution in [2.24, 2.45) is 7.05 Å². The molecule has 2 aliphatic rings. The molecule has 0 radical (unpaired) electrons. The standard InChI is InChI=1S/C21H27N7O3/c1-27-9-8-15(26-27)14-10-28(20-18(14)19(22)23-11-24-20)17-7-6-16(31-17)21(30)25-12-2-4-13(29)5-3-12/h8-13,16-17,29H,2-7H2,1H3,(H,25,30)(H2,22,23,24)/t12?,13?,16-,17+/m0/s1. The van der Waals surface area contributed by atoms with Crippen LogP contribution in [-0.4, -0.2) is 53.6 Å². The van der Waals surface area contributed by atoms with Crippen molar-refractivity contribution in [1.82, 2.24) is 29.6 Å². The topological polar surface area (TPSA) is 133 Å². The molecule has 4 heterocycles. The summed E-state index contributed by atoms with van der Waals surface area (Å²) in [6.45, 7) is 0. The number of hydrogen-bond acceptors (Lipinski definition) is 7. The molecule has 1 aliphatic heterocycles. The molecule has 0 aromatic carbocycles. The maximum absolute atomic E-state index is 12.8. The molecule has 4 N–H and O–H groups in total. The highest BCUT2D eigenvalue weighted by molar-refractivity contribution is 5.99. The Morgan fingerprint density at radius 1 is 1.23 bits per heavy atom. The van der Waals surface area contributed by atoms with Crippen molar-refractivity contribution in [3.8, 4) is 11.3 Å². The summed E-state index contributed by atoms with van der Waals surface area (Å²) in [6, 6.07) is 2.02. The summed E-state index contributed by atoms with van der Waals surface area (Å²) in [5.41, 5.74) is 8.46. The summed E-state index contributed by atoms with van der Waals surface area (Å²) in [5.74, 6) is 0.301. The predicted molar refractivity (Wildman–Crippen MR) is 114 cm³/mol. The molecular formula is C21H27N7O3. The lowest BCUT2D eigenvalue weighted by atomic mass is 9.93. The molecule has 3 aromatic rings. The number of anilines is 1. The predicted octanol–water partition coefficient (Wildman–Crippen LogP) is 1.51. The zero-order valence-corrected chi connectivity index (χ0v) is 17.4. The Bertz CT molecular complexity index is 1100. The van der Waals surface area contributed by atoms with Crippen molar-refractivity contribution in [3.63, 3.8) is 0 Å². The second-order valence-electron chi connectivity index (χ2n) is 8.45. The van der Waals surface area contributed by atoms with E-state index in [1.54, 1.807) is 4.68 Å². The molecular weight excluding hydrogens is 398 g/mol. The van der Waals surface area contributed by atoms with Crippen LogP contribution in [0.5, 0.6) is 0 Å². The summed E-state index contributed by atoms with van der Waals surface area (Å²) >= 11 is 0. The molecule has 0 bridgehead atoms. The Morgan fingerprint density at radius 2 is 2.03 bits per heavy atom. The zero-order valence-electron chi connectivity index (χ0n) is 17.4. The molecule has 10 nitrogen and oxygen atoms in total. The number of aromatic nitrogens is 5. The molecule has 2 atom stereocenters. The maximum Gasteiger partial charge on any atom is 0.249 e. The van der Waals surface area contributed by atoms with Crippen LogP contribution in [0.3, 0.4) is 0 Å². The molecule has 31 heavy (non-hydrogen) atoms. The lowest BCUT2D eigenvalue weighted by Gasteiger charge is -2.27. The second kappa shape index (κ2) is 7.93. The summed E-state index contributed by atoms with van der Waals surface area (Å²) in [4.78, 5) is 21.3. The Morgan fingerprint density at radius 3 is 2.77 bits per heavy atom. The smallest absolute Gasteiger partial charge is 0.249 e. The number of ether oxygens (including phenoxy) is 1. The van der Waals surface area contributed by atoms with Crippen LogP contribution >= 0.6 is 0 Å². The van der Waals surface area contributed by atoms with E-state index in [0.717, 1.165) is 42.3 Å². The van der Waals surface area contributed by atoms with Crippen LogP contribution < -0.4 is 11.1 Å². The lowest BCUT2D eigenvalue weighted by Crippen LogP contribution is -2.43. The van der Waals surface area contributed by atoms with E-state index in [2.05, 4.69) is 20.4 Å². The van der Waals surface area contributed by atoms with Gasteiger partial charge in [-0.25, -0.2) is 9.97 Å². The number of nitrogens with two attached hydrogens (primary N) is 1. The van der Waals surface area contributed by atoms with E-state index in [9.17, 15) is 9.90 Å². The number of carbonyl (C=O) groups excluding carboxylic acids is 1. The highest BCUT2D eigenvalue weighted by Gasteiger charge is 2.34. The van der Waals surface area contributed by atoms with Crippen molar-refractivity contribution >= 4 is 22.8 Å². The summed E-state index contributed by atoms with van der Waals surface area (Å²) in [6.07, 6.45) is 8.55. The third-order valence-corrected chi connectivity index (χ3v) is 6.27. The van der Waals surface area contributed by atoms with Crippen molar-refractivity contribution < 1.29 is 14.6 Å². The summed E-state index contributed by atoms with van der Waals surface area (Å²) < 4.78 is 9.81. The third kappa shape index (κ3) is 3.77. The lowest BCUT2D eigenvalue weighted by molar-refractivity contribution is -0.135. The molecule has 0 unspecified atom stereocenters. The summed E-state index contributed by atoms with van der Waals surface area (Å²) in [7, 11) is 1.86. The SMILES string of the molecule is Cn1ccc(-c2cn([C@H]3CC[C@@H](C(=O)NC4CCC(O)CC4)O3)c3ncnc(N)c23)n1. The Hall–Kier alpha value is -2.98. The first-order chi connectivity index (χ1) is 15.0. The van der Waals surface area contributed by atoms with Crippen molar-refractivity contribution in [2.45, 2.75) is 63.0 Å². The zero-order chi connectivity index (χ0) is 21.5. The van der Waals surface area contributed by atoms with Gasteiger partial charge in [0.05, 0.1) is 17.2 Å². The van der Waals surface area contributed by atoms with Gasteiger partial charge in [0.2, 0.25) is 5.91 Å². The largest absolute Gasteiger partial charge is 0.393 e. The quantitative estimate of drug-likeness (QED) is 0.577. The van der Waals surface area contributed by atoms with Gasteiger partial charge in [-0.2, -0.15) is 5.10 Å². The number of nitrogen functional groups attached to an aromatic ring is 1. The Labute approximate surface area is 179 Å². The number of fused-ring (bicyclic) bond motifs is 1. The minimum absolute atomic E-state index is 0.0839. The number of nitrogens with one attached hydrogen (secondary N) is 1. The van der Waals surface area contributed by atoms with E-state index in [-0.39, 0.29) is 24.3 Å². The van der Waals surface area contributed by atoms with Gasteiger partial charge in [-0.15, -0.1) is 0 Å². The van der Waals surface area contributed by atoms with Crippen LogP contribution in [0.2, 0.25) is 0 Å². The molecule has 0 spiro atoms. The minimum atomic E-state index is -0.508. The first-order valence-electron chi connectivity index (χ1n) is 10.7. The second-order valence-corrected chi connectivity index (χ2v) is 8.45. The van der Waals surface area contributed by atoms with Crippen LogP contribution in [0.4, 0.5) is 5.82 Å². The van der Waals surface area contributed by atoms with E-state index >= 15 is 0 Å². The van der Waals surface area contributed by atoms with Crippen molar-refractivity contribution in [1.29, 1.82) is 0 Å². The maximum atomic E-state index is 12.8. The van der Waals surface area contributed by atoms with E-state index < -0.39 is 6.10 Å². The number of aryl methyl sites for hydroxylation is 1. The van der Waals surface area contributed by atoms with Crippen molar-refractivity contribution in [2.75, 3.05) is 5.73 Å². The number of carbonyl (C=O) groups is 1. The molecule has 1 aliphatic carbocycles. The fourth-order valence-corrected chi connectivity index (χ4v) is 4.61. The van der Waals surface area contributed by atoms with Crippen LogP contribution in [0.25, 0.3) is 22.3 Å². The van der Waals surface area contributed by atoms with Gasteiger partial charge in [-0.05, 0) is 44.6 Å². The van der Waals surface area contributed by atoms with E-state index in [1.807, 2.05) is 30.1 Å². The molecule has 164 valence electrons. The van der Waals surface area contributed by atoms with Crippen LogP contribution in [0.1, 0.15) is 44.8 Å². The monoisotopic (exact) mass is 425 g/mol. The molecule has 1 saturated carbocycles. The summed E-state index contributed by atoms with van der Waals surface area (Å²) in [5, 5.41) is 18.0. The average molecular weight is 425 g/mol. The van der Waals surface area contributed by atoms with Gasteiger partial charge in [-0.3, -0.25) is 9.48 Å². The molecule has 5 rings (SSSR count). The number of nitrogens with zero attached hydrogens (tertiary/aromatic N) is 5. The molecule has 1 amide bonds. The Kier molecular flexibility index (Phi) is 5.11. The first-order valence-corrected chi connectivity index (χ1v) is 10.7. The fourth-order valence-electron chi connectivity index (χ4n) is 4.61. The van der Waals surface area contributed by atoms with Gasteiger partial charge in [-0.1, -0.05) is 0 Å². The normalized spacial score (nSPS) is 26.4. The van der Waals surface area contributed by atoms with Gasteiger partial charge in [0.15, 0.2) is 0 Å². The number of rotatable bonds is 4. The van der Waals surface area contributed by atoms with E-state index in [1.165, 1.54) is 6.33 Å². The number of aliphatic hydroxyl groups is 1. The van der Waals surface area contributed by atoms with Gasteiger partial charge >= 0.3 is 0 Å². The van der Waals surface area contributed by atoms with Crippen molar-refractivity contribution in [3.05, 3.63) is 24.8 Å². The third-order valence-electron chi connectivity index (χ3n) is 6.27. The van der Waals surface area contributed by atoms with Gasteiger partial charge < -0.3 is 25.5 Å². The van der Waals surface area contributed by atoms with Gasteiger partial charge in [0, 0.05) is 31.0 Å². The van der Waals surface area contributed by atoms with Gasteiger partial charge in [0.25, 0.3) is 0 Å². The van der Waals surface area contributed by atoms with Gasteiger partial charge in [0.1, 0.15) is 30.1 Å². The number of amides is 1. The van der Waals surface area contributed by atoms with Crippen LogP contribution in [-0.2, 0) is 16.6 Å².